The summed E-state index contributed by atoms with van der Waals surface area (Å²) in [6.07, 6.45) is -3.03. The zero-order valence-corrected chi connectivity index (χ0v) is 25.4. The molecule has 2 aromatic heterocycles. The van der Waals surface area contributed by atoms with E-state index in [4.69, 9.17) is 24.3 Å². The summed E-state index contributed by atoms with van der Waals surface area (Å²) in [6.45, 7) is 2.94. The molecule has 4 heterocycles. The summed E-state index contributed by atoms with van der Waals surface area (Å²) < 4.78 is 38.2. The number of likely N-dealkylation sites (tertiary alicyclic amines) is 1. The molecule has 0 spiro atoms. The minimum absolute atomic E-state index is 0.0585. The maximum absolute atomic E-state index is 14.1. The van der Waals surface area contributed by atoms with Gasteiger partial charge in [0.25, 0.3) is 0 Å². The Bertz CT molecular complexity index is 1630. The first kappa shape index (κ1) is 32.3. The third kappa shape index (κ3) is 6.79. The highest BCUT2D eigenvalue weighted by atomic mass is 31.2. The van der Waals surface area contributed by atoms with Gasteiger partial charge in [0.15, 0.2) is 5.82 Å². The van der Waals surface area contributed by atoms with Gasteiger partial charge in [0.2, 0.25) is 11.5 Å². The maximum atomic E-state index is 14.1. The SMILES string of the molecule is CC(=O)N1CCC(OC(=O)C(C)NP(=O)(OC[C@@]2(C#N)O[C@@H](c3ccc4c(N)ncnn34)[C@H](O)[C@@H]2O)Oc2ccccc2)CC1. The average molecular weight is 644 g/mol. The number of aliphatic hydroxyl groups excluding tert-OH is 2. The van der Waals surface area contributed by atoms with Gasteiger partial charge < -0.3 is 34.8 Å². The number of nitriles is 1. The van der Waals surface area contributed by atoms with E-state index >= 15 is 0 Å². The van der Waals surface area contributed by atoms with Gasteiger partial charge in [-0.05, 0) is 31.2 Å². The first-order valence-corrected chi connectivity index (χ1v) is 15.8. The van der Waals surface area contributed by atoms with Gasteiger partial charge in [-0.1, -0.05) is 18.2 Å². The van der Waals surface area contributed by atoms with Crippen molar-refractivity contribution in [1.29, 1.82) is 5.26 Å². The highest BCUT2D eigenvalue weighted by Gasteiger charge is 2.57. The molecule has 2 unspecified atom stereocenters. The van der Waals surface area contributed by atoms with Crippen LogP contribution in [-0.2, 0) is 28.2 Å². The lowest BCUT2D eigenvalue weighted by molar-refractivity contribution is -0.153. The largest absolute Gasteiger partial charge is 0.461 e. The Morgan fingerprint density at radius 3 is 2.62 bits per heavy atom. The molecule has 0 radical (unpaired) electrons. The second kappa shape index (κ2) is 13.1. The van der Waals surface area contributed by atoms with Crippen molar-refractivity contribution in [3.63, 3.8) is 0 Å². The summed E-state index contributed by atoms with van der Waals surface area (Å²) in [5, 5.41) is 38.7. The number of hydrogen-bond acceptors (Lipinski definition) is 13. The van der Waals surface area contributed by atoms with E-state index in [-0.39, 0.29) is 23.2 Å². The number of amides is 1. The van der Waals surface area contributed by atoms with E-state index in [9.17, 15) is 29.6 Å². The molecule has 0 saturated carbocycles. The van der Waals surface area contributed by atoms with Gasteiger partial charge in [-0.15, -0.1) is 0 Å². The van der Waals surface area contributed by atoms with Crippen molar-refractivity contribution in [2.24, 2.45) is 0 Å². The van der Waals surface area contributed by atoms with Crippen LogP contribution in [0.1, 0.15) is 38.5 Å². The molecule has 16 nitrogen and oxygen atoms in total. The maximum Gasteiger partial charge on any atom is 0.459 e. The molecule has 240 valence electrons. The van der Waals surface area contributed by atoms with E-state index in [0.717, 1.165) is 0 Å². The van der Waals surface area contributed by atoms with Gasteiger partial charge in [0, 0.05) is 32.9 Å². The lowest BCUT2D eigenvalue weighted by atomic mass is 9.96. The number of esters is 1. The Labute approximate surface area is 258 Å². The van der Waals surface area contributed by atoms with E-state index in [1.54, 1.807) is 35.2 Å². The predicted octanol–water partition coefficient (Wildman–Crippen LogP) is 1.10. The van der Waals surface area contributed by atoms with Crippen LogP contribution in [0, 0.1) is 11.3 Å². The lowest BCUT2D eigenvalue weighted by Gasteiger charge is -2.32. The summed E-state index contributed by atoms with van der Waals surface area (Å²) in [6, 6.07) is 11.8. The van der Waals surface area contributed by atoms with Gasteiger partial charge in [0.1, 0.15) is 60.7 Å². The van der Waals surface area contributed by atoms with Crippen LogP contribution in [0.5, 0.6) is 5.75 Å². The molecule has 3 aromatic rings. The van der Waals surface area contributed by atoms with E-state index in [1.807, 2.05) is 6.07 Å². The molecule has 17 heteroatoms. The van der Waals surface area contributed by atoms with Gasteiger partial charge in [-0.3, -0.25) is 14.1 Å². The number of benzene rings is 1. The molecule has 1 aromatic carbocycles. The Morgan fingerprint density at radius 1 is 1.24 bits per heavy atom. The van der Waals surface area contributed by atoms with Crippen molar-refractivity contribution < 1.29 is 42.9 Å². The van der Waals surface area contributed by atoms with Crippen LogP contribution in [-0.4, -0.2) is 91.2 Å². The number of nitrogens with two attached hydrogens (primary N) is 1. The van der Waals surface area contributed by atoms with Crippen LogP contribution >= 0.6 is 7.75 Å². The van der Waals surface area contributed by atoms with Crippen molar-refractivity contribution in [3.8, 4) is 11.8 Å². The Morgan fingerprint density at radius 2 is 1.96 bits per heavy atom. The Hall–Kier alpha value is -4.10. The number of nitrogens with zero attached hydrogens (tertiary/aromatic N) is 5. The number of fused-ring (bicyclic) bond motifs is 1. The monoisotopic (exact) mass is 643 g/mol. The zero-order chi connectivity index (χ0) is 32.4. The van der Waals surface area contributed by atoms with Crippen LogP contribution in [0.25, 0.3) is 5.52 Å². The fourth-order valence-corrected chi connectivity index (χ4v) is 6.73. The molecule has 45 heavy (non-hydrogen) atoms. The molecule has 2 fully saturated rings. The fraction of sp³-hybridized carbons (Fsp3) is 0.464. The van der Waals surface area contributed by atoms with E-state index < -0.39 is 56.4 Å². The normalized spacial score (nSPS) is 25.8. The quantitative estimate of drug-likeness (QED) is 0.179. The second-order valence-corrected chi connectivity index (χ2v) is 12.5. The van der Waals surface area contributed by atoms with E-state index in [2.05, 4.69) is 15.2 Å². The highest BCUT2D eigenvalue weighted by molar-refractivity contribution is 7.52. The van der Waals surface area contributed by atoms with Crippen molar-refractivity contribution >= 4 is 31.0 Å². The van der Waals surface area contributed by atoms with Crippen molar-refractivity contribution in [3.05, 3.63) is 54.5 Å². The van der Waals surface area contributed by atoms with Crippen LogP contribution < -0.4 is 15.3 Å². The van der Waals surface area contributed by atoms with Crippen LogP contribution in [0.4, 0.5) is 5.82 Å². The number of nitrogens with one attached hydrogen (secondary N) is 1. The second-order valence-electron chi connectivity index (χ2n) is 10.8. The minimum Gasteiger partial charge on any atom is -0.461 e. The third-order valence-corrected chi connectivity index (χ3v) is 9.36. The molecule has 1 amide bonds. The van der Waals surface area contributed by atoms with Crippen molar-refractivity contribution in [2.45, 2.75) is 62.7 Å². The molecule has 0 aliphatic carbocycles. The first-order chi connectivity index (χ1) is 21.4. The minimum atomic E-state index is -4.48. The lowest BCUT2D eigenvalue weighted by Crippen LogP contribution is -2.46. The van der Waals surface area contributed by atoms with Gasteiger partial charge in [0.05, 0.1) is 5.69 Å². The van der Waals surface area contributed by atoms with E-state index in [0.29, 0.717) is 31.4 Å². The summed E-state index contributed by atoms with van der Waals surface area (Å²) in [5.74, 6) is -0.504. The molecule has 5 rings (SSSR count). The summed E-state index contributed by atoms with van der Waals surface area (Å²) in [5.41, 5.74) is 4.38. The standard InChI is InChI=1S/C28H34N7O9P/c1-17(27(39)42-19-10-12-34(13-11-19)18(2)36)33-45(40,44-20-6-4-3-5-7-20)41-15-28(14-29)25(38)23(37)24(43-28)21-8-9-22-26(30)31-16-32-35(21)22/h3-9,16-17,19,23-25,37-38H,10-13,15H2,1-2H3,(H,33,40)(H2,30,31,32)/t17?,23-,24-,25-,28+,45?/m0/s1. The number of nitrogen functional groups attached to an aromatic ring is 1. The van der Waals surface area contributed by atoms with Gasteiger partial charge >= 0.3 is 13.7 Å². The number of anilines is 1. The van der Waals surface area contributed by atoms with Gasteiger partial charge in [-0.2, -0.15) is 15.4 Å². The Balaban J connectivity index is 1.32. The molecule has 6 atom stereocenters. The number of aromatic nitrogens is 3. The number of rotatable bonds is 10. The number of piperidine rings is 1. The van der Waals surface area contributed by atoms with Crippen LogP contribution in [0.3, 0.4) is 0 Å². The summed E-state index contributed by atoms with van der Waals surface area (Å²) in [7, 11) is -4.48. The summed E-state index contributed by atoms with van der Waals surface area (Å²) >= 11 is 0. The molecule has 5 N–H and O–H groups in total. The molecule has 2 aliphatic rings. The van der Waals surface area contributed by atoms with E-state index in [1.165, 1.54) is 36.8 Å². The molecular weight excluding hydrogens is 609 g/mol. The molecule has 2 saturated heterocycles. The topological polar surface area (TPSA) is 224 Å². The van der Waals surface area contributed by atoms with Crippen LogP contribution in [0.2, 0.25) is 0 Å². The van der Waals surface area contributed by atoms with Crippen molar-refractivity contribution in [2.75, 3.05) is 25.4 Å². The highest BCUT2D eigenvalue weighted by Crippen LogP contribution is 2.48. The number of hydrogen-bond donors (Lipinski definition) is 4. The Kier molecular flexibility index (Phi) is 9.40. The number of para-hydroxylation sites is 1. The molecular formula is C28H34N7O9P. The first-order valence-electron chi connectivity index (χ1n) is 14.2. The van der Waals surface area contributed by atoms with Gasteiger partial charge in [-0.25, -0.2) is 14.1 Å². The average Bonchev–Trinajstić information content (AvgIpc) is 3.56. The molecule has 0 bridgehead atoms. The zero-order valence-electron chi connectivity index (χ0n) is 24.6. The third-order valence-electron chi connectivity index (χ3n) is 7.73. The van der Waals surface area contributed by atoms with Crippen molar-refractivity contribution in [1.82, 2.24) is 24.6 Å². The number of ether oxygens (including phenoxy) is 2. The smallest absolute Gasteiger partial charge is 0.459 e. The predicted molar refractivity (Wildman–Crippen MR) is 156 cm³/mol. The fourth-order valence-electron chi connectivity index (χ4n) is 5.21. The molecule has 2 aliphatic heterocycles. The number of aliphatic hydroxyl groups is 2. The number of carbonyl (C=O) groups is 2. The van der Waals surface area contributed by atoms with Crippen LogP contribution in [0.15, 0.2) is 48.8 Å². The summed E-state index contributed by atoms with van der Waals surface area (Å²) in [4.78, 5) is 30.2. The number of carbonyl (C=O) groups excluding carboxylic acids is 2.